The molecule has 19 heavy (non-hydrogen) atoms. The van der Waals surface area contributed by atoms with Crippen LogP contribution in [0.2, 0.25) is 0 Å². The van der Waals surface area contributed by atoms with Gasteiger partial charge in [-0.25, -0.2) is 0 Å². The van der Waals surface area contributed by atoms with Crippen molar-refractivity contribution in [2.24, 2.45) is 5.92 Å². The zero-order valence-electron chi connectivity index (χ0n) is 12.4. The molecule has 1 unspecified atom stereocenters. The Labute approximate surface area is 131 Å². The lowest BCUT2D eigenvalue weighted by atomic mass is 9.92. The van der Waals surface area contributed by atoms with Crippen molar-refractivity contribution in [2.45, 2.75) is 45.8 Å². The third-order valence-corrected chi connectivity index (χ3v) is 4.88. The van der Waals surface area contributed by atoms with Gasteiger partial charge < -0.3 is 5.32 Å². The molecule has 2 nitrogen and oxygen atoms in total. The molecule has 0 spiro atoms. The molecular weight excluding hydrogens is 347 g/mol. The average Bonchev–Trinajstić information content (AvgIpc) is 2.34. The predicted octanol–water partition coefficient (Wildman–Crippen LogP) is 3.50. The summed E-state index contributed by atoms with van der Waals surface area (Å²) in [7, 11) is 0. The van der Waals surface area contributed by atoms with Crippen LogP contribution in [-0.4, -0.2) is 29.6 Å². The summed E-state index contributed by atoms with van der Waals surface area (Å²) >= 11 is 2.36. The van der Waals surface area contributed by atoms with Gasteiger partial charge in [0.05, 0.1) is 0 Å². The van der Waals surface area contributed by atoms with Crippen LogP contribution in [0.4, 0.5) is 0 Å². The number of hydrogen-bond donors (Lipinski definition) is 1. The van der Waals surface area contributed by atoms with Crippen LogP contribution < -0.4 is 5.32 Å². The van der Waals surface area contributed by atoms with E-state index in [0.29, 0.717) is 12.0 Å². The first-order chi connectivity index (χ1) is 8.88. The minimum absolute atomic E-state index is 0.231. The minimum atomic E-state index is 0.231. The van der Waals surface area contributed by atoms with Crippen LogP contribution in [0.25, 0.3) is 0 Å². The van der Waals surface area contributed by atoms with Crippen molar-refractivity contribution in [1.29, 1.82) is 0 Å². The van der Waals surface area contributed by atoms with E-state index in [9.17, 15) is 0 Å². The Morgan fingerprint density at radius 2 is 1.95 bits per heavy atom. The molecule has 0 saturated carbocycles. The molecule has 0 aliphatic carbocycles. The van der Waals surface area contributed by atoms with Gasteiger partial charge in [-0.2, -0.15) is 0 Å². The van der Waals surface area contributed by atoms with Crippen LogP contribution in [-0.2, 0) is 6.54 Å². The topological polar surface area (TPSA) is 15.3 Å². The third kappa shape index (κ3) is 3.92. The Balaban J connectivity index is 2.08. The Hall–Kier alpha value is -0.130. The van der Waals surface area contributed by atoms with Crippen molar-refractivity contribution in [1.82, 2.24) is 10.2 Å². The van der Waals surface area contributed by atoms with Crippen molar-refractivity contribution in [2.75, 3.05) is 13.1 Å². The van der Waals surface area contributed by atoms with Gasteiger partial charge in [-0.05, 0) is 60.1 Å². The molecule has 1 heterocycles. The smallest absolute Gasteiger partial charge is 0.0281 e. The number of hydrogen-bond acceptors (Lipinski definition) is 2. The Bertz CT molecular complexity index is 411. The van der Waals surface area contributed by atoms with E-state index in [1.165, 1.54) is 9.13 Å². The van der Waals surface area contributed by atoms with E-state index >= 15 is 0 Å². The standard InChI is InChI=1S/C16H25IN2/c1-12(2)15-10-19(16(3,4)11-18-15)9-13-5-7-14(17)8-6-13/h5-8,12,15,18H,9-11H2,1-4H3. The molecule has 2 rings (SSSR count). The van der Waals surface area contributed by atoms with Gasteiger partial charge in [-0.15, -0.1) is 0 Å². The highest BCUT2D eigenvalue weighted by Gasteiger charge is 2.34. The fourth-order valence-corrected chi connectivity index (χ4v) is 2.94. The van der Waals surface area contributed by atoms with E-state index < -0.39 is 0 Å². The Kier molecular flexibility index (Phi) is 4.90. The molecule has 0 radical (unpaired) electrons. The molecule has 0 bridgehead atoms. The summed E-state index contributed by atoms with van der Waals surface area (Å²) in [5.41, 5.74) is 1.65. The van der Waals surface area contributed by atoms with E-state index in [1.807, 2.05) is 0 Å². The fraction of sp³-hybridized carbons (Fsp3) is 0.625. The molecule has 0 amide bonds. The van der Waals surface area contributed by atoms with Crippen molar-refractivity contribution < 1.29 is 0 Å². The maximum absolute atomic E-state index is 3.69. The molecule has 106 valence electrons. The Morgan fingerprint density at radius 1 is 1.32 bits per heavy atom. The van der Waals surface area contributed by atoms with Gasteiger partial charge in [0.25, 0.3) is 0 Å². The number of benzene rings is 1. The van der Waals surface area contributed by atoms with Crippen LogP contribution in [0.15, 0.2) is 24.3 Å². The van der Waals surface area contributed by atoms with Gasteiger partial charge in [0, 0.05) is 34.8 Å². The summed E-state index contributed by atoms with van der Waals surface area (Å²) in [6, 6.07) is 9.52. The summed E-state index contributed by atoms with van der Waals surface area (Å²) in [6.45, 7) is 12.5. The lowest BCUT2D eigenvalue weighted by Gasteiger charge is -2.47. The zero-order chi connectivity index (χ0) is 14.0. The lowest BCUT2D eigenvalue weighted by molar-refractivity contribution is 0.0475. The highest BCUT2D eigenvalue weighted by atomic mass is 127. The highest BCUT2D eigenvalue weighted by Crippen LogP contribution is 2.23. The summed E-state index contributed by atoms with van der Waals surface area (Å²) in [5, 5.41) is 3.69. The van der Waals surface area contributed by atoms with Crippen molar-refractivity contribution in [3.63, 3.8) is 0 Å². The molecule has 1 saturated heterocycles. The first kappa shape index (κ1) is 15.3. The molecule has 1 aromatic rings. The summed E-state index contributed by atoms with van der Waals surface area (Å²) < 4.78 is 1.31. The number of nitrogens with one attached hydrogen (secondary N) is 1. The monoisotopic (exact) mass is 372 g/mol. The quantitative estimate of drug-likeness (QED) is 0.818. The van der Waals surface area contributed by atoms with Gasteiger partial charge in [-0.1, -0.05) is 26.0 Å². The average molecular weight is 372 g/mol. The van der Waals surface area contributed by atoms with Crippen LogP contribution in [0, 0.1) is 9.49 Å². The second kappa shape index (κ2) is 6.10. The van der Waals surface area contributed by atoms with Crippen LogP contribution >= 0.6 is 22.6 Å². The second-order valence-corrected chi connectivity index (χ2v) is 7.80. The maximum Gasteiger partial charge on any atom is 0.0281 e. The van der Waals surface area contributed by atoms with Gasteiger partial charge in [-0.3, -0.25) is 4.90 Å². The fourth-order valence-electron chi connectivity index (χ4n) is 2.58. The van der Waals surface area contributed by atoms with Gasteiger partial charge >= 0.3 is 0 Å². The Morgan fingerprint density at radius 3 is 2.53 bits per heavy atom. The minimum Gasteiger partial charge on any atom is -0.311 e. The molecule has 1 aliphatic heterocycles. The first-order valence-electron chi connectivity index (χ1n) is 7.11. The first-order valence-corrected chi connectivity index (χ1v) is 8.19. The molecule has 1 aromatic carbocycles. The zero-order valence-corrected chi connectivity index (χ0v) is 14.6. The number of nitrogens with zero attached hydrogens (tertiary/aromatic N) is 1. The molecule has 1 atom stereocenters. The summed E-state index contributed by atoms with van der Waals surface area (Å²) in [5.74, 6) is 0.690. The number of halogens is 1. The van der Waals surface area contributed by atoms with E-state index in [0.717, 1.165) is 19.6 Å². The van der Waals surface area contributed by atoms with Crippen molar-refractivity contribution in [3.05, 3.63) is 33.4 Å². The van der Waals surface area contributed by atoms with Crippen LogP contribution in [0.3, 0.4) is 0 Å². The molecule has 0 aromatic heterocycles. The number of rotatable bonds is 3. The molecule has 1 aliphatic rings. The van der Waals surface area contributed by atoms with Gasteiger partial charge in [0.15, 0.2) is 0 Å². The van der Waals surface area contributed by atoms with Crippen LogP contribution in [0.1, 0.15) is 33.3 Å². The van der Waals surface area contributed by atoms with Crippen molar-refractivity contribution >= 4 is 22.6 Å². The predicted molar refractivity (Wildman–Crippen MR) is 90.3 cm³/mol. The van der Waals surface area contributed by atoms with E-state index in [-0.39, 0.29) is 5.54 Å². The molecule has 3 heteroatoms. The largest absolute Gasteiger partial charge is 0.311 e. The lowest BCUT2D eigenvalue weighted by Crippen LogP contribution is -2.62. The maximum atomic E-state index is 3.69. The van der Waals surface area contributed by atoms with Gasteiger partial charge in [0.1, 0.15) is 0 Å². The summed E-state index contributed by atoms with van der Waals surface area (Å²) in [6.07, 6.45) is 0. The third-order valence-electron chi connectivity index (χ3n) is 4.16. The highest BCUT2D eigenvalue weighted by molar-refractivity contribution is 14.1. The number of piperazine rings is 1. The van der Waals surface area contributed by atoms with Crippen LogP contribution in [0.5, 0.6) is 0 Å². The molecular formula is C16H25IN2. The van der Waals surface area contributed by atoms with E-state index in [1.54, 1.807) is 0 Å². The SMILES string of the molecule is CC(C)C1CN(Cc2ccc(I)cc2)C(C)(C)CN1. The summed E-state index contributed by atoms with van der Waals surface area (Å²) in [4.78, 5) is 2.62. The second-order valence-electron chi connectivity index (χ2n) is 6.55. The molecule has 1 fully saturated rings. The van der Waals surface area contributed by atoms with E-state index in [4.69, 9.17) is 0 Å². The van der Waals surface area contributed by atoms with Gasteiger partial charge in [0.2, 0.25) is 0 Å². The van der Waals surface area contributed by atoms with E-state index in [2.05, 4.69) is 84.8 Å². The van der Waals surface area contributed by atoms with Crippen molar-refractivity contribution in [3.8, 4) is 0 Å². The molecule has 1 N–H and O–H groups in total. The normalized spacial score (nSPS) is 23.8.